The summed E-state index contributed by atoms with van der Waals surface area (Å²) in [4.78, 5) is 40.8. The Labute approximate surface area is 151 Å². The molecule has 2 saturated heterocycles. The van der Waals surface area contributed by atoms with Crippen molar-refractivity contribution in [3.63, 3.8) is 0 Å². The van der Waals surface area contributed by atoms with Gasteiger partial charge in [0.1, 0.15) is 24.0 Å². The first-order valence-electron chi connectivity index (χ1n) is 9.16. The van der Waals surface area contributed by atoms with Crippen LogP contribution < -0.4 is 10.6 Å². The molecule has 7 nitrogen and oxygen atoms in total. The lowest BCUT2D eigenvalue weighted by molar-refractivity contribution is -0.738. The number of aliphatic hydroxyl groups is 1. The standard InChI is InChI=1S/C19H23N3O4/c1-4-9(2)22-16(24)13-14(17(22)25)19(21-15(13)10(3)23)11-7-5-6-8-12(11)20-18(19)26/h5-10,13-15,21,23H,4H2,1-3H3,(H,20,26)/p+1/t9-,10-,13+,14+,15-,19+/m1/s1. The maximum atomic E-state index is 13.3. The van der Waals surface area contributed by atoms with Crippen molar-refractivity contribution in [1.29, 1.82) is 0 Å². The zero-order valence-electron chi connectivity index (χ0n) is 15.1. The van der Waals surface area contributed by atoms with Crippen molar-refractivity contribution in [3.8, 4) is 0 Å². The van der Waals surface area contributed by atoms with E-state index in [1.165, 1.54) is 4.90 Å². The first-order chi connectivity index (χ1) is 12.3. The van der Waals surface area contributed by atoms with Crippen molar-refractivity contribution in [2.45, 2.75) is 50.9 Å². The molecular weight excluding hydrogens is 334 g/mol. The molecule has 1 aromatic rings. The highest BCUT2D eigenvalue weighted by Gasteiger charge is 2.75. The smallest absolute Gasteiger partial charge is 0.291 e. The summed E-state index contributed by atoms with van der Waals surface area (Å²) in [5.41, 5.74) is 0.189. The number of amides is 3. The number of rotatable bonds is 3. The van der Waals surface area contributed by atoms with Gasteiger partial charge in [-0.15, -0.1) is 0 Å². The van der Waals surface area contributed by atoms with E-state index in [0.717, 1.165) is 5.56 Å². The Balaban J connectivity index is 1.90. The van der Waals surface area contributed by atoms with Gasteiger partial charge in [-0.2, -0.15) is 0 Å². The van der Waals surface area contributed by atoms with Crippen molar-refractivity contribution < 1.29 is 24.8 Å². The van der Waals surface area contributed by atoms with Crippen LogP contribution in [0.15, 0.2) is 24.3 Å². The van der Waals surface area contributed by atoms with E-state index in [2.05, 4.69) is 5.32 Å². The third-order valence-electron chi connectivity index (χ3n) is 6.33. The summed E-state index contributed by atoms with van der Waals surface area (Å²) < 4.78 is 0. The molecule has 7 heteroatoms. The van der Waals surface area contributed by atoms with Gasteiger partial charge in [-0.25, -0.2) is 0 Å². The Kier molecular flexibility index (Phi) is 3.71. The molecule has 0 saturated carbocycles. The summed E-state index contributed by atoms with van der Waals surface area (Å²) in [6.45, 7) is 5.37. The number of anilines is 1. The van der Waals surface area contributed by atoms with E-state index in [4.69, 9.17) is 0 Å². The van der Waals surface area contributed by atoms with E-state index in [0.29, 0.717) is 12.1 Å². The van der Waals surface area contributed by atoms with Gasteiger partial charge in [-0.1, -0.05) is 25.1 Å². The number of carbonyl (C=O) groups excluding carboxylic acids is 3. The van der Waals surface area contributed by atoms with Gasteiger partial charge in [-0.05, 0) is 26.3 Å². The highest BCUT2D eigenvalue weighted by molar-refractivity contribution is 6.14. The van der Waals surface area contributed by atoms with E-state index in [1.807, 2.05) is 32.0 Å². The predicted octanol–water partition coefficient (Wildman–Crippen LogP) is -0.440. The molecule has 0 radical (unpaired) electrons. The van der Waals surface area contributed by atoms with E-state index in [-0.39, 0.29) is 23.8 Å². The van der Waals surface area contributed by atoms with Gasteiger partial charge in [0.2, 0.25) is 17.4 Å². The van der Waals surface area contributed by atoms with Crippen LogP contribution in [-0.4, -0.2) is 45.9 Å². The van der Waals surface area contributed by atoms with Crippen LogP contribution in [0.2, 0.25) is 0 Å². The summed E-state index contributed by atoms with van der Waals surface area (Å²) in [5, 5.41) is 14.9. The monoisotopic (exact) mass is 358 g/mol. The largest absolute Gasteiger partial charge is 0.387 e. The summed E-state index contributed by atoms with van der Waals surface area (Å²) in [5.74, 6) is -2.36. The maximum Gasteiger partial charge on any atom is 0.291 e. The molecule has 3 heterocycles. The molecule has 3 aliphatic rings. The molecule has 3 aliphatic heterocycles. The molecule has 1 spiro atoms. The topological polar surface area (TPSA) is 103 Å². The number of nitrogens with one attached hydrogen (secondary N) is 1. The Morgan fingerprint density at radius 3 is 2.58 bits per heavy atom. The number of nitrogens with zero attached hydrogens (tertiary/aromatic N) is 1. The molecule has 0 aromatic heterocycles. The Hall–Kier alpha value is -2.25. The lowest BCUT2D eigenvalue weighted by Gasteiger charge is -2.29. The first-order valence-corrected chi connectivity index (χ1v) is 9.16. The van der Waals surface area contributed by atoms with Gasteiger partial charge in [0.15, 0.2) is 0 Å². The molecule has 0 aliphatic carbocycles. The number of imide groups is 1. The van der Waals surface area contributed by atoms with E-state index in [9.17, 15) is 19.5 Å². The Bertz CT molecular complexity index is 808. The van der Waals surface area contributed by atoms with Gasteiger partial charge < -0.3 is 15.7 Å². The number of nitrogens with two attached hydrogens (primary N) is 1. The molecule has 6 atom stereocenters. The molecule has 2 fully saturated rings. The first kappa shape index (κ1) is 17.2. The predicted molar refractivity (Wildman–Crippen MR) is 92.7 cm³/mol. The van der Waals surface area contributed by atoms with Crippen LogP contribution in [0.25, 0.3) is 0 Å². The molecular formula is C19H24N3O4+. The van der Waals surface area contributed by atoms with E-state index < -0.39 is 29.5 Å². The summed E-state index contributed by atoms with van der Waals surface area (Å²) >= 11 is 0. The second kappa shape index (κ2) is 5.62. The highest BCUT2D eigenvalue weighted by atomic mass is 16.3. The van der Waals surface area contributed by atoms with Crippen LogP contribution in [0.4, 0.5) is 5.69 Å². The summed E-state index contributed by atoms with van der Waals surface area (Å²) in [6, 6.07) is 6.51. The number of hydrogen-bond donors (Lipinski definition) is 3. The van der Waals surface area contributed by atoms with Crippen LogP contribution in [-0.2, 0) is 19.9 Å². The molecule has 4 N–H and O–H groups in total. The van der Waals surface area contributed by atoms with Crippen molar-refractivity contribution in [3.05, 3.63) is 29.8 Å². The number of para-hydroxylation sites is 1. The van der Waals surface area contributed by atoms with Gasteiger partial charge >= 0.3 is 0 Å². The van der Waals surface area contributed by atoms with Gasteiger partial charge in [0.05, 0.1) is 5.69 Å². The van der Waals surface area contributed by atoms with Crippen LogP contribution in [0.1, 0.15) is 32.8 Å². The van der Waals surface area contributed by atoms with Crippen molar-refractivity contribution in [2.24, 2.45) is 11.8 Å². The number of quaternary nitrogens is 1. The quantitative estimate of drug-likeness (QED) is 0.637. The lowest BCUT2D eigenvalue weighted by Crippen LogP contribution is -3.00. The van der Waals surface area contributed by atoms with Crippen LogP contribution in [0, 0.1) is 11.8 Å². The zero-order valence-corrected chi connectivity index (χ0v) is 15.1. The van der Waals surface area contributed by atoms with Gasteiger partial charge in [-0.3, -0.25) is 19.3 Å². The van der Waals surface area contributed by atoms with Crippen molar-refractivity contribution in [1.82, 2.24) is 4.90 Å². The molecule has 26 heavy (non-hydrogen) atoms. The highest BCUT2D eigenvalue weighted by Crippen LogP contribution is 2.49. The fraction of sp³-hybridized carbons (Fsp3) is 0.526. The van der Waals surface area contributed by atoms with Crippen LogP contribution in [0.3, 0.4) is 0 Å². The minimum Gasteiger partial charge on any atom is -0.387 e. The second-order valence-electron chi connectivity index (χ2n) is 7.66. The molecule has 0 unspecified atom stereocenters. The summed E-state index contributed by atoms with van der Waals surface area (Å²) in [7, 11) is 0. The fourth-order valence-electron chi connectivity index (χ4n) is 4.92. The van der Waals surface area contributed by atoms with Crippen LogP contribution >= 0.6 is 0 Å². The van der Waals surface area contributed by atoms with Crippen molar-refractivity contribution in [2.75, 3.05) is 5.32 Å². The summed E-state index contributed by atoms with van der Waals surface area (Å²) in [6.07, 6.45) is -0.175. The minimum atomic E-state index is -1.20. The number of likely N-dealkylation sites (tertiary alicyclic amines) is 1. The second-order valence-corrected chi connectivity index (χ2v) is 7.66. The van der Waals surface area contributed by atoms with Crippen LogP contribution in [0.5, 0.6) is 0 Å². The van der Waals surface area contributed by atoms with Gasteiger partial charge in [0, 0.05) is 11.6 Å². The Morgan fingerprint density at radius 2 is 1.92 bits per heavy atom. The van der Waals surface area contributed by atoms with Gasteiger partial charge in [0.25, 0.3) is 5.91 Å². The average molecular weight is 358 g/mol. The average Bonchev–Trinajstić information content (AvgIpc) is 3.20. The number of fused-ring (bicyclic) bond motifs is 4. The maximum absolute atomic E-state index is 13.3. The molecule has 0 bridgehead atoms. The van der Waals surface area contributed by atoms with E-state index >= 15 is 0 Å². The lowest BCUT2D eigenvalue weighted by atomic mass is 9.76. The van der Waals surface area contributed by atoms with Crippen molar-refractivity contribution >= 4 is 23.4 Å². The third kappa shape index (κ3) is 1.92. The molecule has 1 aromatic carbocycles. The number of benzene rings is 1. The third-order valence-corrected chi connectivity index (χ3v) is 6.33. The molecule has 138 valence electrons. The Morgan fingerprint density at radius 1 is 1.23 bits per heavy atom. The SMILES string of the molecule is CC[C@@H](C)N1C(=O)[C@@H]2[C@@H]([C@@H](C)O)[NH2+][C@]3(C(=O)Nc4ccccc43)[C@@H]2C1=O. The normalized spacial score (nSPS) is 34.8. The number of carbonyl (C=O) groups is 3. The molecule has 3 amide bonds. The fourth-order valence-corrected chi connectivity index (χ4v) is 4.92. The number of aliphatic hydroxyl groups excluding tert-OH is 1. The minimum absolute atomic E-state index is 0.230. The molecule has 4 rings (SSSR count). The number of hydrogen-bond acceptors (Lipinski definition) is 4. The zero-order chi connectivity index (χ0) is 18.8. The van der Waals surface area contributed by atoms with E-state index in [1.54, 1.807) is 18.3 Å².